The standard InChI is InChI=1S/C20H28ClN3O3/c1-22(19(25)15-24-11-12-27-20(24)26)13-17-3-2-9-23(14-17)10-8-16-4-6-18(21)7-5-16/h4-7,17H,2-3,8-15H2,1H3/t17-/m0/s1. The van der Waals surface area contributed by atoms with Gasteiger partial charge in [-0.05, 0) is 49.4 Å². The molecule has 2 fully saturated rings. The lowest BCUT2D eigenvalue weighted by atomic mass is 9.97. The highest BCUT2D eigenvalue weighted by Crippen LogP contribution is 2.18. The second kappa shape index (κ2) is 9.42. The minimum absolute atomic E-state index is 0.0212. The number of benzene rings is 1. The number of halogens is 1. The first kappa shape index (κ1) is 20.0. The number of cyclic esters (lactones) is 1. The van der Waals surface area contributed by atoms with Gasteiger partial charge in [0.1, 0.15) is 13.2 Å². The number of amides is 2. The van der Waals surface area contributed by atoms with Crippen LogP contribution in [0.2, 0.25) is 5.02 Å². The Hall–Kier alpha value is -1.79. The van der Waals surface area contributed by atoms with Crippen LogP contribution in [0, 0.1) is 5.92 Å². The molecule has 2 amide bonds. The van der Waals surface area contributed by atoms with Crippen LogP contribution in [-0.4, -0.2) is 79.6 Å². The Morgan fingerprint density at radius 3 is 2.78 bits per heavy atom. The Morgan fingerprint density at radius 1 is 1.30 bits per heavy atom. The normalized spacial score (nSPS) is 20.6. The van der Waals surface area contributed by atoms with Crippen LogP contribution in [0.3, 0.4) is 0 Å². The highest BCUT2D eigenvalue weighted by molar-refractivity contribution is 6.30. The highest BCUT2D eigenvalue weighted by Gasteiger charge is 2.27. The first-order valence-electron chi connectivity index (χ1n) is 9.64. The third-order valence-corrected chi connectivity index (χ3v) is 5.61. The van der Waals surface area contributed by atoms with Crippen molar-refractivity contribution in [1.29, 1.82) is 0 Å². The predicted molar refractivity (Wildman–Crippen MR) is 105 cm³/mol. The first-order chi connectivity index (χ1) is 13.0. The van der Waals surface area contributed by atoms with Crippen molar-refractivity contribution in [2.24, 2.45) is 5.92 Å². The Bertz CT molecular complexity index is 652. The van der Waals surface area contributed by atoms with Crippen LogP contribution in [-0.2, 0) is 16.0 Å². The van der Waals surface area contributed by atoms with E-state index < -0.39 is 0 Å². The number of carbonyl (C=O) groups is 2. The lowest BCUT2D eigenvalue weighted by Gasteiger charge is -2.35. The number of nitrogens with zero attached hydrogens (tertiary/aromatic N) is 3. The smallest absolute Gasteiger partial charge is 0.410 e. The minimum Gasteiger partial charge on any atom is -0.448 e. The van der Waals surface area contributed by atoms with Crippen LogP contribution in [0.25, 0.3) is 0 Å². The average molecular weight is 394 g/mol. The van der Waals surface area contributed by atoms with E-state index >= 15 is 0 Å². The quantitative estimate of drug-likeness (QED) is 0.714. The van der Waals surface area contributed by atoms with Gasteiger partial charge in [-0.1, -0.05) is 23.7 Å². The topological polar surface area (TPSA) is 53.1 Å². The third-order valence-electron chi connectivity index (χ3n) is 5.36. The molecule has 2 aliphatic heterocycles. The van der Waals surface area contributed by atoms with Crippen molar-refractivity contribution in [3.8, 4) is 0 Å². The number of likely N-dealkylation sites (tertiary alicyclic amines) is 1. The van der Waals surface area contributed by atoms with E-state index in [4.69, 9.17) is 16.3 Å². The van der Waals surface area contributed by atoms with Gasteiger partial charge in [0, 0.05) is 31.7 Å². The molecule has 0 saturated carbocycles. The van der Waals surface area contributed by atoms with E-state index in [-0.39, 0.29) is 18.5 Å². The molecule has 1 atom stereocenters. The maximum absolute atomic E-state index is 12.4. The molecule has 1 aromatic carbocycles. The number of likely N-dealkylation sites (N-methyl/N-ethyl adjacent to an activating group) is 1. The highest BCUT2D eigenvalue weighted by atomic mass is 35.5. The van der Waals surface area contributed by atoms with Gasteiger partial charge in [-0.3, -0.25) is 9.69 Å². The van der Waals surface area contributed by atoms with E-state index in [1.807, 2.05) is 19.2 Å². The van der Waals surface area contributed by atoms with Crippen molar-refractivity contribution in [3.63, 3.8) is 0 Å². The molecule has 0 aromatic heterocycles. The molecule has 7 heteroatoms. The Balaban J connectivity index is 1.42. The zero-order valence-corrected chi connectivity index (χ0v) is 16.7. The van der Waals surface area contributed by atoms with Gasteiger partial charge in [-0.2, -0.15) is 0 Å². The van der Waals surface area contributed by atoms with E-state index in [1.54, 1.807) is 4.90 Å². The van der Waals surface area contributed by atoms with Crippen molar-refractivity contribution in [3.05, 3.63) is 34.9 Å². The van der Waals surface area contributed by atoms with Crippen molar-refractivity contribution in [2.75, 3.05) is 52.9 Å². The van der Waals surface area contributed by atoms with Crippen LogP contribution in [0.15, 0.2) is 24.3 Å². The van der Waals surface area contributed by atoms with Crippen molar-refractivity contribution >= 4 is 23.6 Å². The molecule has 2 saturated heterocycles. The summed E-state index contributed by atoms with van der Waals surface area (Å²) in [5.41, 5.74) is 1.30. The van der Waals surface area contributed by atoms with Crippen molar-refractivity contribution in [2.45, 2.75) is 19.3 Å². The summed E-state index contributed by atoms with van der Waals surface area (Å²) in [6.07, 6.45) is 2.92. The molecule has 0 radical (unpaired) electrons. The van der Waals surface area contributed by atoms with Crippen LogP contribution in [0.5, 0.6) is 0 Å². The summed E-state index contributed by atoms with van der Waals surface area (Å²) in [5, 5.41) is 0.770. The van der Waals surface area contributed by atoms with Gasteiger partial charge in [0.05, 0.1) is 6.54 Å². The molecule has 0 aliphatic carbocycles. The average Bonchev–Trinajstić information content (AvgIpc) is 3.06. The summed E-state index contributed by atoms with van der Waals surface area (Å²) in [6, 6.07) is 8.04. The molecule has 6 nitrogen and oxygen atoms in total. The molecule has 3 rings (SSSR count). The molecule has 27 heavy (non-hydrogen) atoms. The predicted octanol–water partition coefficient (Wildman–Crippen LogP) is 2.51. The van der Waals surface area contributed by atoms with Crippen molar-refractivity contribution in [1.82, 2.24) is 14.7 Å². The summed E-state index contributed by atoms with van der Waals surface area (Å²) < 4.78 is 4.88. The zero-order valence-electron chi connectivity index (χ0n) is 15.9. The fourth-order valence-corrected chi connectivity index (χ4v) is 3.91. The molecular formula is C20H28ClN3O3. The largest absolute Gasteiger partial charge is 0.448 e. The summed E-state index contributed by atoms with van der Waals surface area (Å²) in [6.45, 7) is 4.87. The maximum atomic E-state index is 12.4. The van der Waals surface area contributed by atoms with Gasteiger partial charge in [-0.25, -0.2) is 4.79 Å². The number of hydrogen-bond acceptors (Lipinski definition) is 4. The van der Waals surface area contributed by atoms with Gasteiger partial charge in [0.2, 0.25) is 5.91 Å². The number of hydrogen-bond donors (Lipinski definition) is 0. The minimum atomic E-state index is -0.386. The molecule has 0 N–H and O–H groups in total. The van der Waals surface area contributed by atoms with Crippen LogP contribution < -0.4 is 0 Å². The molecule has 148 valence electrons. The Kier molecular flexibility index (Phi) is 6.96. The Morgan fingerprint density at radius 2 is 2.07 bits per heavy atom. The fourth-order valence-electron chi connectivity index (χ4n) is 3.78. The van der Waals surface area contributed by atoms with E-state index in [9.17, 15) is 9.59 Å². The molecule has 2 aliphatic rings. The maximum Gasteiger partial charge on any atom is 0.410 e. The van der Waals surface area contributed by atoms with E-state index in [2.05, 4.69) is 17.0 Å². The summed E-state index contributed by atoms with van der Waals surface area (Å²) >= 11 is 5.94. The monoisotopic (exact) mass is 393 g/mol. The molecular weight excluding hydrogens is 366 g/mol. The van der Waals surface area contributed by atoms with Gasteiger partial charge < -0.3 is 14.5 Å². The molecule has 0 bridgehead atoms. The summed E-state index contributed by atoms with van der Waals surface area (Å²) in [4.78, 5) is 29.6. The van der Waals surface area contributed by atoms with Gasteiger partial charge >= 0.3 is 6.09 Å². The molecule has 0 unspecified atom stereocenters. The number of rotatable bonds is 7. The third kappa shape index (κ3) is 5.84. The van der Waals surface area contributed by atoms with Crippen molar-refractivity contribution < 1.29 is 14.3 Å². The van der Waals surface area contributed by atoms with E-state index in [0.29, 0.717) is 19.1 Å². The van der Waals surface area contributed by atoms with Crippen LogP contribution in [0.4, 0.5) is 4.79 Å². The van der Waals surface area contributed by atoms with Gasteiger partial charge in [0.25, 0.3) is 0 Å². The molecule has 1 aromatic rings. The summed E-state index contributed by atoms with van der Waals surface area (Å²) in [7, 11) is 1.83. The molecule has 0 spiro atoms. The van der Waals surface area contributed by atoms with Crippen LogP contribution >= 0.6 is 11.6 Å². The number of ether oxygens (including phenoxy) is 1. The lowest BCUT2D eigenvalue weighted by Crippen LogP contribution is -2.44. The second-order valence-electron chi connectivity index (χ2n) is 7.50. The van der Waals surface area contributed by atoms with Crippen LogP contribution in [0.1, 0.15) is 18.4 Å². The molecule has 2 heterocycles. The number of piperidine rings is 1. The second-order valence-corrected chi connectivity index (χ2v) is 7.93. The SMILES string of the molecule is CN(C[C@@H]1CCCN(CCc2ccc(Cl)cc2)C1)C(=O)CN1CCOC1=O. The summed E-state index contributed by atoms with van der Waals surface area (Å²) in [5.74, 6) is 0.454. The Labute approximate surface area is 166 Å². The van der Waals surface area contributed by atoms with E-state index in [0.717, 1.165) is 50.5 Å². The number of carbonyl (C=O) groups excluding carboxylic acids is 2. The van der Waals surface area contributed by atoms with E-state index in [1.165, 1.54) is 10.5 Å². The van der Waals surface area contributed by atoms with Gasteiger partial charge in [-0.15, -0.1) is 0 Å². The lowest BCUT2D eigenvalue weighted by molar-refractivity contribution is -0.131. The van der Waals surface area contributed by atoms with Gasteiger partial charge in [0.15, 0.2) is 0 Å². The zero-order chi connectivity index (χ0) is 19.2. The fraction of sp³-hybridized carbons (Fsp3) is 0.600. The first-order valence-corrected chi connectivity index (χ1v) is 10.0.